The fraction of sp³-hybridized carbons (Fsp3) is 0.318. The maximum atomic E-state index is 12.4. The molecule has 3 aromatic rings. The van der Waals surface area contributed by atoms with Crippen molar-refractivity contribution in [2.45, 2.75) is 25.9 Å². The number of carbonyl (C=O) groups is 2. The van der Waals surface area contributed by atoms with Crippen molar-refractivity contribution in [3.05, 3.63) is 71.2 Å². The molecule has 4 rings (SSSR count). The fourth-order valence-corrected chi connectivity index (χ4v) is 3.89. The van der Waals surface area contributed by atoms with Crippen LogP contribution in [-0.4, -0.2) is 39.5 Å². The second kappa shape index (κ2) is 8.54. The van der Waals surface area contributed by atoms with Crippen molar-refractivity contribution >= 4 is 17.6 Å². The molecule has 30 heavy (non-hydrogen) atoms. The summed E-state index contributed by atoms with van der Waals surface area (Å²) in [4.78, 5) is 26.9. The van der Waals surface area contributed by atoms with Gasteiger partial charge in [-0.3, -0.25) is 19.8 Å². The Morgan fingerprint density at radius 1 is 1.17 bits per heavy atom. The Morgan fingerprint density at radius 3 is 2.67 bits per heavy atom. The Labute approximate surface area is 174 Å². The zero-order valence-electron chi connectivity index (χ0n) is 17.1. The minimum Gasteiger partial charge on any atom is -0.360 e. The predicted octanol–water partition coefficient (Wildman–Crippen LogP) is 2.18. The maximum absolute atomic E-state index is 12.4. The van der Waals surface area contributed by atoms with E-state index in [9.17, 15) is 9.59 Å². The van der Waals surface area contributed by atoms with Gasteiger partial charge in [-0.1, -0.05) is 29.4 Å². The van der Waals surface area contributed by atoms with Gasteiger partial charge in [0.05, 0.1) is 6.04 Å². The van der Waals surface area contributed by atoms with Crippen LogP contribution in [0.2, 0.25) is 0 Å². The van der Waals surface area contributed by atoms with Gasteiger partial charge in [-0.15, -0.1) is 0 Å². The van der Waals surface area contributed by atoms with Gasteiger partial charge in [0.15, 0.2) is 5.82 Å². The van der Waals surface area contributed by atoms with Crippen LogP contribution in [0.15, 0.2) is 53.2 Å². The molecule has 2 N–H and O–H groups in total. The van der Waals surface area contributed by atoms with Crippen LogP contribution in [0.5, 0.6) is 0 Å². The van der Waals surface area contributed by atoms with Crippen LogP contribution in [0, 0.1) is 6.92 Å². The zero-order valence-corrected chi connectivity index (χ0v) is 17.1. The van der Waals surface area contributed by atoms with Crippen molar-refractivity contribution < 1.29 is 14.1 Å². The largest absolute Gasteiger partial charge is 0.360 e. The summed E-state index contributed by atoms with van der Waals surface area (Å²) in [7, 11) is 1.99. The molecule has 8 nitrogen and oxygen atoms in total. The lowest BCUT2D eigenvalue weighted by Gasteiger charge is -2.36. The fourth-order valence-electron chi connectivity index (χ4n) is 3.89. The third kappa shape index (κ3) is 4.28. The number of aryl methyl sites for hydroxylation is 2. The van der Waals surface area contributed by atoms with E-state index in [1.807, 2.05) is 19.3 Å². The topological polar surface area (TPSA) is 92.4 Å². The molecule has 2 amide bonds. The summed E-state index contributed by atoms with van der Waals surface area (Å²) in [6.07, 6.45) is 2.94. The van der Waals surface area contributed by atoms with Crippen LogP contribution in [0.25, 0.3) is 0 Å². The molecule has 0 saturated heterocycles. The lowest BCUT2D eigenvalue weighted by atomic mass is 9.98. The number of nitrogens with one attached hydrogen (secondary N) is 2. The van der Waals surface area contributed by atoms with E-state index in [4.69, 9.17) is 4.52 Å². The highest BCUT2D eigenvalue weighted by Gasteiger charge is 2.27. The van der Waals surface area contributed by atoms with Gasteiger partial charge >= 0.3 is 11.8 Å². The molecule has 1 aliphatic heterocycles. The van der Waals surface area contributed by atoms with E-state index in [2.05, 4.69) is 55.6 Å². The minimum atomic E-state index is -0.766. The summed E-state index contributed by atoms with van der Waals surface area (Å²) in [5.74, 6) is -0.690. The second-order valence-electron chi connectivity index (χ2n) is 7.54. The number of nitrogens with zero attached hydrogens (tertiary/aromatic N) is 3. The highest BCUT2D eigenvalue weighted by Crippen LogP contribution is 2.27. The zero-order chi connectivity index (χ0) is 21.1. The van der Waals surface area contributed by atoms with Gasteiger partial charge in [-0.05, 0) is 36.6 Å². The lowest BCUT2D eigenvalue weighted by Crippen LogP contribution is -2.44. The number of rotatable bonds is 5. The van der Waals surface area contributed by atoms with E-state index in [0.717, 1.165) is 25.2 Å². The Morgan fingerprint density at radius 2 is 1.97 bits per heavy atom. The van der Waals surface area contributed by atoms with Crippen molar-refractivity contribution in [1.82, 2.24) is 19.9 Å². The minimum absolute atomic E-state index is 0.0515. The Hall–Kier alpha value is -3.39. The van der Waals surface area contributed by atoms with Crippen molar-refractivity contribution in [3.63, 3.8) is 0 Å². The smallest absolute Gasteiger partial charge is 0.314 e. The van der Waals surface area contributed by atoms with Crippen molar-refractivity contribution in [3.8, 4) is 0 Å². The van der Waals surface area contributed by atoms with Gasteiger partial charge in [-0.2, -0.15) is 0 Å². The summed E-state index contributed by atoms with van der Waals surface area (Å²) in [6, 6.07) is 14.0. The summed E-state index contributed by atoms with van der Waals surface area (Å²) >= 11 is 0. The molecule has 2 aromatic heterocycles. The summed E-state index contributed by atoms with van der Waals surface area (Å²) in [6.45, 7) is 3.72. The van der Waals surface area contributed by atoms with Crippen LogP contribution < -0.4 is 10.6 Å². The van der Waals surface area contributed by atoms with Crippen molar-refractivity contribution in [1.29, 1.82) is 0 Å². The molecule has 1 aliphatic rings. The normalized spacial score (nSPS) is 14.7. The molecule has 1 atom stereocenters. The standard InChI is InChI=1S/C22H25N5O3/c1-15-12-20(25-30-15)24-22(29)21(28)23-13-19(18-8-5-10-26(18)2)27-11-9-16-6-3-4-7-17(16)14-27/h3-8,10,12,19H,9,11,13-14H2,1-2H3,(H,23,28)(H,24,25,29)/t19-/m1/s1. The number of fused-ring (bicyclic) bond motifs is 1. The first-order valence-corrected chi connectivity index (χ1v) is 9.96. The van der Waals surface area contributed by atoms with Crippen molar-refractivity contribution in [2.75, 3.05) is 18.4 Å². The first-order valence-electron chi connectivity index (χ1n) is 9.96. The van der Waals surface area contributed by atoms with E-state index >= 15 is 0 Å². The summed E-state index contributed by atoms with van der Waals surface area (Å²) < 4.78 is 6.96. The number of amides is 2. The summed E-state index contributed by atoms with van der Waals surface area (Å²) in [5, 5.41) is 8.91. The molecular weight excluding hydrogens is 382 g/mol. The molecule has 0 radical (unpaired) electrons. The highest BCUT2D eigenvalue weighted by atomic mass is 16.5. The molecule has 8 heteroatoms. The molecular formula is C22H25N5O3. The maximum Gasteiger partial charge on any atom is 0.314 e. The quantitative estimate of drug-likeness (QED) is 0.633. The first-order chi connectivity index (χ1) is 14.5. The van der Waals surface area contributed by atoms with Gasteiger partial charge < -0.3 is 14.4 Å². The number of carbonyl (C=O) groups excluding carboxylic acids is 2. The van der Waals surface area contributed by atoms with E-state index in [-0.39, 0.29) is 11.9 Å². The third-order valence-corrected chi connectivity index (χ3v) is 5.46. The highest BCUT2D eigenvalue weighted by molar-refractivity contribution is 6.39. The third-order valence-electron chi connectivity index (χ3n) is 5.46. The van der Waals surface area contributed by atoms with Crippen LogP contribution >= 0.6 is 0 Å². The SMILES string of the molecule is Cc1cc(NC(=O)C(=O)NC[C@H](c2cccn2C)N2CCc3ccccc3C2)no1. The number of benzene rings is 1. The Balaban J connectivity index is 1.45. The molecule has 1 aromatic carbocycles. The van der Waals surface area contributed by atoms with E-state index < -0.39 is 11.8 Å². The molecule has 0 aliphatic carbocycles. The van der Waals surface area contributed by atoms with Crippen LogP contribution in [0.4, 0.5) is 5.82 Å². The molecule has 0 bridgehead atoms. The lowest BCUT2D eigenvalue weighted by molar-refractivity contribution is -0.136. The summed E-state index contributed by atoms with van der Waals surface area (Å²) in [5.41, 5.74) is 3.75. The molecule has 156 valence electrons. The van der Waals surface area contributed by atoms with Gasteiger partial charge in [0.1, 0.15) is 5.76 Å². The van der Waals surface area contributed by atoms with E-state index in [1.54, 1.807) is 13.0 Å². The Kier molecular flexibility index (Phi) is 5.67. The molecule has 0 fully saturated rings. The van der Waals surface area contributed by atoms with Gasteiger partial charge in [0.2, 0.25) is 0 Å². The van der Waals surface area contributed by atoms with Gasteiger partial charge in [0, 0.05) is 44.6 Å². The molecule has 0 spiro atoms. The number of hydrogen-bond acceptors (Lipinski definition) is 5. The Bertz CT molecular complexity index is 1050. The van der Waals surface area contributed by atoms with Crippen molar-refractivity contribution in [2.24, 2.45) is 7.05 Å². The van der Waals surface area contributed by atoms with Gasteiger partial charge in [-0.25, -0.2) is 0 Å². The second-order valence-corrected chi connectivity index (χ2v) is 7.54. The average molecular weight is 407 g/mol. The number of aromatic nitrogens is 2. The molecule has 3 heterocycles. The first kappa shape index (κ1) is 19.9. The predicted molar refractivity (Wildman–Crippen MR) is 112 cm³/mol. The van der Waals surface area contributed by atoms with Crippen LogP contribution in [0.3, 0.4) is 0 Å². The molecule has 0 unspecified atom stereocenters. The van der Waals surface area contributed by atoms with E-state index in [0.29, 0.717) is 12.3 Å². The van der Waals surface area contributed by atoms with Gasteiger partial charge in [0.25, 0.3) is 0 Å². The van der Waals surface area contributed by atoms with Crippen LogP contribution in [-0.2, 0) is 29.6 Å². The van der Waals surface area contributed by atoms with E-state index in [1.165, 1.54) is 11.1 Å². The number of hydrogen-bond donors (Lipinski definition) is 2. The monoisotopic (exact) mass is 407 g/mol. The molecule has 0 saturated carbocycles. The number of anilines is 1. The average Bonchev–Trinajstić information content (AvgIpc) is 3.35. The van der Waals surface area contributed by atoms with Crippen LogP contribution in [0.1, 0.15) is 28.6 Å².